The molecule has 0 amide bonds. The third kappa shape index (κ3) is 4.83. The molecule has 0 aliphatic heterocycles. The van der Waals surface area contributed by atoms with Gasteiger partial charge in [-0.1, -0.05) is 23.8 Å². The van der Waals surface area contributed by atoms with Crippen LogP contribution in [0.4, 0.5) is 5.69 Å². The van der Waals surface area contributed by atoms with E-state index in [1.54, 1.807) is 24.3 Å². The molecule has 0 spiro atoms. The average molecular weight is 282 g/mol. The molecule has 1 atom stereocenters. The zero-order valence-electron chi connectivity index (χ0n) is 11.9. The number of aliphatic hydroxyl groups is 1. The Morgan fingerprint density at radius 3 is 2.71 bits per heavy atom. The molecule has 4 heteroatoms. The predicted octanol–water partition coefficient (Wildman–Crippen LogP) is 2.72. The van der Waals surface area contributed by atoms with Crippen molar-refractivity contribution >= 4 is 5.69 Å². The molecule has 2 aromatic carbocycles. The number of nitrogens with zero attached hydrogens (tertiary/aromatic N) is 1. The first-order valence-electron chi connectivity index (χ1n) is 6.79. The number of aliphatic hydroxyl groups excluding tert-OH is 1. The van der Waals surface area contributed by atoms with Crippen molar-refractivity contribution in [3.05, 3.63) is 59.7 Å². The molecule has 0 aromatic heterocycles. The number of aryl methyl sites for hydroxylation is 1. The van der Waals surface area contributed by atoms with Crippen molar-refractivity contribution in [2.45, 2.75) is 13.0 Å². The van der Waals surface area contributed by atoms with E-state index in [2.05, 4.69) is 11.4 Å². The van der Waals surface area contributed by atoms with Crippen LogP contribution in [0.3, 0.4) is 0 Å². The molecule has 2 rings (SSSR count). The second kappa shape index (κ2) is 7.32. The first kappa shape index (κ1) is 14.9. The summed E-state index contributed by atoms with van der Waals surface area (Å²) < 4.78 is 5.48. The minimum atomic E-state index is -0.628. The minimum Gasteiger partial charge on any atom is -0.491 e. The van der Waals surface area contributed by atoms with Crippen LogP contribution in [-0.4, -0.2) is 24.4 Å². The molecule has 0 saturated carbocycles. The molecular formula is C17H18N2O2. The fourth-order valence-electron chi connectivity index (χ4n) is 1.81. The highest BCUT2D eigenvalue weighted by Crippen LogP contribution is 2.13. The lowest BCUT2D eigenvalue weighted by atomic mass is 10.2. The van der Waals surface area contributed by atoms with Crippen molar-refractivity contribution in [1.82, 2.24) is 0 Å². The zero-order valence-corrected chi connectivity index (χ0v) is 11.9. The smallest absolute Gasteiger partial charge is 0.120 e. The van der Waals surface area contributed by atoms with Gasteiger partial charge in [-0.25, -0.2) is 0 Å². The number of nitriles is 1. The molecule has 0 aliphatic rings. The Labute approximate surface area is 124 Å². The highest BCUT2D eigenvalue weighted by Gasteiger charge is 2.05. The quantitative estimate of drug-likeness (QED) is 0.855. The summed E-state index contributed by atoms with van der Waals surface area (Å²) in [5.41, 5.74) is 2.70. The van der Waals surface area contributed by atoms with Crippen LogP contribution in [0.25, 0.3) is 0 Å². The van der Waals surface area contributed by atoms with Gasteiger partial charge in [0.2, 0.25) is 0 Å². The number of hydrogen-bond acceptors (Lipinski definition) is 4. The fraction of sp³-hybridized carbons (Fsp3) is 0.235. The summed E-state index contributed by atoms with van der Waals surface area (Å²) in [6, 6.07) is 16.9. The molecule has 0 fully saturated rings. The highest BCUT2D eigenvalue weighted by atomic mass is 16.5. The number of rotatable bonds is 6. The maximum absolute atomic E-state index is 9.90. The number of hydrogen-bond donors (Lipinski definition) is 2. The van der Waals surface area contributed by atoms with Crippen molar-refractivity contribution in [2.75, 3.05) is 18.5 Å². The standard InChI is InChI=1S/C17H18N2O2/c1-13-5-7-15(8-6-13)19-11-16(20)12-21-17-4-2-3-14(9-17)10-18/h2-9,16,19-20H,11-12H2,1H3. The third-order valence-electron chi connectivity index (χ3n) is 3.00. The second-order valence-electron chi connectivity index (χ2n) is 4.85. The summed E-state index contributed by atoms with van der Waals surface area (Å²) in [5.74, 6) is 0.587. The van der Waals surface area contributed by atoms with Crippen molar-refractivity contribution in [2.24, 2.45) is 0 Å². The van der Waals surface area contributed by atoms with Gasteiger partial charge in [0.1, 0.15) is 18.5 Å². The fourth-order valence-corrected chi connectivity index (χ4v) is 1.81. The average Bonchev–Trinajstić information content (AvgIpc) is 2.52. The number of ether oxygens (including phenoxy) is 1. The van der Waals surface area contributed by atoms with Crippen molar-refractivity contribution in [3.8, 4) is 11.8 Å². The zero-order chi connectivity index (χ0) is 15.1. The Balaban J connectivity index is 1.78. The monoisotopic (exact) mass is 282 g/mol. The van der Waals surface area contributed by atoms with Crippen molar-refractivity contribution < 1.29 is 9.84 Å². The normalized spacial score (nSPS) is 11.5. The van der Waals surface area contributed by atoms with E-state index in [4.69, 9.17) is 10.00 Å². The lowest BCUT2D eigenvalue weighted by Crippen LogP contribution is -2.26. The Hall–Kier alpha value is -2.51. The van der Waals surface area contributed by atoms with Gasteiger partial charge >= 0.3 is 0 Å². The van der Waals surface area contributed by atoms with Crippen LogP contribution in [0.5, 0.6) is 5.75 Å². The molecular weight excluding hydrogens is 264 g/mol. The van der Waals surface area contributed by atoms with E-state index in [1.165, 1.54) is 5.56 Å². The van der Waals surface area contributed by atoms with Gasteiger partial charge in [0.05, 0.1) is 11.6 Å². The lowest BCUT2D eigenvalue weighted by molar-refractivity contribution is 0.117. The highest BCUT2D eigenvalue weighted by molar-refractivity contribution is 5.44. The SMILES string of the molecule is Cc1ccc(NCC(O)COc2cccc(C#N)c2)cc1. The van der Waals surface area contributed by atoms with Gasteiger partial charge in [0.25, 0.3) is 0 Å². The summed E-state index contributed by atoms with van der Waals surface area (Å²) in [7, 11) is 0. The van der Waals surface area contributed by atoms with E-state index in [1.807, 2.05) is 31.2 Å². The molecule has 2 aromatic rings. The van der Waals surface area contributed by atoms with Gasteiger partial charge < -0.3 is 15.2 Å². The second-order valence-corrected chi connectivity index (χ2v) is 4.85. The Morgan fingerprint density at radius 2 is 2.00 bits per heavy atom. The van der Waals surface area contributed by atoms with Gasteiger partial charge in [-0.2, -0.15) is 5.26 Å². The molecule has 0 bridgehead atoms. The van der Waals surface area contributed by atoms with Crippen LogP contribution in [0, 0.1) is 18.3 Å². The van der Waals surface area contributed by atoms with Gasteiger partial charge in [0.15, 0.2) is 0 Å². The van der Waals surface area contributed by atoms with Gasteiger partial charge in [-0.05, 0) is 37.3 Å². The lowest BCUT2D eigenvalue weighted by Gasteiger charge is -2.14. The number of benzene rings is 2. The Bertz CT molecular complexity index is 617. The topological polar surface area (TPSA) is 65.3 Å². The molecule has 4 nitrogen and oxygen atoms in total. The van der Waals surface area contributed by atoms with Crippen molar-refractivity contribution in [3.63, 3.8) is 0 Å². The van der Waals surface area contributed by atoms with Crippen LogP contribution in [0.1, 0.15) is 11.1 Å². The molecule has 21 heavy (non-hydrogen) atoms. The maximum atomic E-state index is 9.90. The van der Waals surface area contributed by atoms with Crippen LogP contribution >= 0.6 is 0 Å². The predicted molar refractivity (Wildman–Crippen MR) is 82.3 cm³/mol. The number of nitrogens with one attached hydrogen (secondary N) is 1. The summed E-state index contributed by atoms with van der Waals surface area (Å²) in [6.07, 6.45) is -0.628. The third-order valence-corrected chi connectivity index (χ3v) is 3.00. The summed E-state index contributed by atoms with van der Waals surface area (Å²) >= 11 is 0. The first-order chi connectivity index (χ1) is 10.2. The maximum Gasteiger partial charge on any atom is 0.120 e. The van der Waals surface area contributed by atoms with Gasteiger partial charge in [0, 0.05) is 12.2 Å². The summed E-state index contributed by atoms with van der Waals surface area (Å²) in [5, 5.41) is 21.9. The van der Waals surface area contributed by atoms with Crippen LogP contribution < -0.4 is 10.1 Å². The van der Waals surface area contributed by atoms with E-state index in [9.17, 15) is 5.11 Å². The van der Waals surface area contributed by atoms with E-state index in [-0.39, 0.29) is 6.61 Å². The molecule has 0 saturated heterocycles. The summed E-state index contributed by atoms with van der Waals surface area (Å²) in [4.78, 5) is 0. The minimum absolute atomic E-state index is 0.174. The van der Waals surface area contributed by atoms with Crippen LogP contribution in [0.2, 0.25) is 0 Å². The van der Waals surface area contributed by atoms with Crippen molar-refractivity contribution in [1.29, 1.82) is 5.26 Å². The molecule has 108 valence electrons. The van der Waals surface area contributed by atoms with E-state index < -0.39 is 6.10 Å². The van der Waals surface area contributed by atoms with E-state index in [0.29, 0.717) is 17.9 Å². The van der Waals surface area contributed by atoms with E-state index in [0.717, 1.165) is 5.69 Å². The largest absolute Gasteiger partial charge is 0.491 e. The molecule has 0 aliphatic carbocycles. The van der Waals surface area contributed by atoms with Crippen LogP contribution in [0.15, 0.2) is 48.5 Å². The Kier molecular flexibility index (Phi) is 5.19. The number of anilines is 1. The van der Waals surface area contributed by atoms with E-state index >= 15 is 0 Å². The molecule has 1 unspecified atom stereocenters. The van der Waals surface area contributed by atoms with Crippen LogP contribution in [-0.2, 0) is 0 Å². The first-order valence-corrected chi connectivity index (χ1v) is 6.79. The molecule has 2 N–H and O–H groups in total. The van der Waals surface area contributed by atoms with Gasteiger partial charge in [-0.15, -0.1) is 0 Å². The molecule has 0 heterocycles. The summed E-state index contributed by atoms with van der Waals surface area (Å²) in [6.45, 7) is 2.61. The van der Waals surface area contributed by atoms with Gasteiger partial charge in [-0.3, -0.25) is 0 Å². The Morgan fingerprint density at radius 1 is 1.24 bits per heavy atom. The molecule has 0 radical (unpaired) electrons.